The molecule has 44 heavy (non-hydrogen) atoms. The van der Waals surface area contributed by atoms with Crippen LogP contribution in [0.1, 0.15) is 103 Å². The first-order chi connectivity index (χ1) is 21.1. The predicted molar refractivity (Wildman–Crippen MR) is 168 cm³/mol. The Morgan fingerprint density at radius 1 is 0.977 bits per heavy atom. The van der Waals surface area contributed by atoms with Crippen LogP contribution in [0.15, 0.2) is 29.2 Å². The number of hydrogen-bond donors (Lipinski definition) is 1. The molecule has 1 aromatic rings. The number of sulfonamides is 1. The lowest BCUT2D eigenvalue weighted by Gasteiger charge is -2.32. The standard InChI is InChI=1S/C33H54N2O8S/c1-5-6-7-8-9-10-11-12-13-16-23-39-29-28(41-31-30(29)42-33(3,4)43-31)27(24-35-21-14-15-22-35)40-32(36)34-44(37,38)26-19-17-25(2)18-20-26/h17-20,27-31H,5-16,21-24H2,1-4H3,(H,34,36)/t27?,28-,29+,30-,31-/m1/s1. The van der Waals surface area contributed by atoms with Crippen LogP contribution in [-0.4, -0.2) is 82.1 Å². The molecule has 3 fully saturated rings. The highest BCUT2D eigenvalue weighted by Gasteiger charge is 2.58. The van der Waals surface area contributed by atoms with Gasteiger partial charge in [0, 0.05) is 13.2 Å². The maximum Gasteiger partial charge on any atom is 0.421 e. The van der Waals surface area contributed by atoms with Gasteiger partial charge in [-0.15, -0.1) is 0 Å². The molecule has 0 radical (unpaired) electrons. The zero-order valence-corrected chi connectivity index (χ0v) is 27.9. The molecule has 0 aromatic heterocycles. The number of nitrogens with one attached hydrogen (secondary N) is 1. The van der Waals surface area contributed by atoms with Gasteiger partial charge in [-0.3, -0.25) is 4.90 Å². The third-order valence-corrected chi connectivity index (χ3v) is 9.97. The lowest BCUT2D eigenvalue weighted by atomic mass is 10.0. The summed E-state index contributed by atoms with van der Waals surface area (Å²) in [5.41, 5.74) is 0.914. The van der Waals surface area contributed by atoms with E-state index >= 15 is 0 Å². The third kappa shape index (κ3) is 10.4. The fourth-order valence-corrected chi connectivity index (χ4v) is 7.16. The number of fused-ring (bicyclic) bond motifs is 1. The van der Waals surface area contributed by atoms with Gasteiger partial charge in [0.2, 0.25) is 0 Å². The summed E-state index contributed by atoms with van der Waals surface area (Å²) < 4.78 is 58.7. The van der Waals surface area contributed by atoms with Crippen molar-refractivity contribution >= 4 is 16.1 Å². The Kier molecular flexibility index (Phi) is 13.3. The molecule has 4 rings (SSSR count). The summed E-state index contributed by atoms with van der Waals surface area (Å²) >= 11 is 0. The van der Waals surface area contributed by atoms with Gasteiger partial charge in [0.15, 0.2) is 12.1 Å². The fraction of sp³-hybridized carbons (Fsp3) is 0.788. The minimum atomic E-state index is -4.11. The number of unbranched alkanes of at least 4 members (excludes halogenated alkanes) is 9. The summed E-state index contributed by atoms with van der Waals surface area (Å²) in [5, 5.41) is 0. The maximum atomic E-state index is 13.1. The van der Waals surface area contributed by atoms with Crippen LogP contribution < -0.4 is 4.72 Å². The number of aryl methyl sites for hydroxylation is 1. The van der Waals surface area contributed by atoms with Crippen molar-refractivity contribution in [2.24, 2.45) is 0 Å². The van der Waals surface area contributed by atoms with Crippen molar-refractivity contribution in [1.29, 1.82) is 0 Å². The number of carbonyl (C=O) groups is 1. The quantitative estimate of drug-likeness (QED) is 0.192. The van der Waals surface area contributed by atoms with E-state index in [4.69, 9.17) is 23.7 Å². The number of likely N-dealkylation sites (tertiary alicyclic amines) is 1. The molecular formula is C33H54N2O8S. The molecule has 250 valence electrons. The van der Waals surface area contributed by atoms with Gasteiger partial charge in [0.05, 0.1) is 4.90 Å². The van der Waals surface area contributed by atoms with Crippen LogP contribution in [0, 0.1) is 6.92 Å². The molecule has 0 aliphatic carbocycles. The summed E-state index contributed by atoms with van der Waals surface area (Å²) in [6.45, 7) is 10.4. The first-order valence-corrected chi connectivity index (χ1v) is 18.2. The SMILES string of the molecule is CCCCCCCCCCCCO[C@@H]1[C@H]2OC(C)(C)O[C@H]2O[C@@H]1C(CN1CCCC1)OC(=O)NS(=O)(=O)c1ccc(C)cc1. The second-order valence-corrected chi connectivity index (χ2v) is 14.6. The fourth-order valence-electron chi connectivity index (χ4n) is 6.28. The van der Waals surface area contributed by atoms with E-state index in [2.05, 4.69) is 16.5 Å². The van der Waals surface area contributed by atoms with Crippen LogP contribution in [0.4, 0.5) is 4.79 Å². The van der Waals surface area contributed by atoms with Crippen molar-refractivity contribution in [1.82, 2.24) is 9.62 Å². The molecular weight excluding hydrogens is 584 g/mol. The number of hydrogen-bond acceptors (Lipinski definition) is 9. The van der Waals surface area contributed by atoms with Gasteiger partial charge in [0.25, 0.3) is 10.0 Å². The van der Waals surface area contributed by atoms with E-state index in [-0.39, 0.29) is 4.90 Å². The van der Waals surface area contributed by atoms with E-state index in [1.807, 2.05) is 20.8 Å². The van der Waals surface area contributed by atoms with Gasteiger partial charge in [-0.25, -0.2) is 17.9 Å². The number of rotatable bonds is 18. The Balaban J connectivity index is 1.36. The van der Waals surface area contributed by atoms with Gasteiger partial charge in [-0.05, 0) is 65.3 Å². The molecule has 3 saturated heterocycles. The van der Waals surface area contributed by atoms with Crippen molar-refractivity contribution in [3.05, 3.63) is 29.8 Å². The van der Waals surface area contributed by atoms with Gasteiger partial charge in [0.1, 0.15) is 24.4 Å². The highest BCUT2D eigenvalue weighted by molar-refractivity contribution is 7.90. The van der Waals surface area contributed by atoms with Gasteiger partial charge >= 0.3 is 6.09 Å². The Hall–Kier alpha value is -1.76. The molecule has 10 nitrogen and oxygen atoms in total. The van der Waals surface area contributed by atoms with Gasteiger partial charge in [-0.2, -0.15) is 0 Å². The minimum absolute atomic E-state index is 0.00970. The Bertz CT molecular complexity index is 1120. The van der Waals surface area contributed by atoms with E-state index < -0.39 is 52.6 Å². The summed E-state index contributed by atoms with van der Waals surface area (Å²) in [5.74, 6) is -0.830. The first-order valence-electron chi connectivity index (χ1n) is 16.7. The van der Waals surface area contributed by atoms with Crippen molar-refractivity contribution in [3.63, 3.8) is 0 Å². The molecule has 1 amide bonds. The summed E-state index contributed by atoms with van der Waals surface area (Å²) in [4.78, 5) is 15.3. The monoisotopic (exact) mass is 638 g/mol. The smallest absolute Gasteiger partial charge is 0.421 e. The third-order valence-electron chi connectivity index (χ3n) is 8.65. The van der Waals surface area contributed by atoms with E-state index in [1.54, 1.807) is 12.1 Å². The molecule has 3 aliphatic heterocycles. The highest BCUT2D eigenvalue weighted by atomic mass is 32.2. The molecule has 3 heterocycles. The lowest BCUT2D eigenvalue weighted by Crippen LogP contribution is -2.50. The second-order valence-electron chi connectivity index (χ2n) is 13.0. The first kappa shape index (κ1) is 35.1. The zero-order valence-electron chi connectivity index (χ0n) is 27.1. The molecule has 5 atom stereocenters. The Morgan fingerprint density at radius 3 is 2.23 bits per heavy atom. The summed E-state index contributed by atoms with van der Waals surface area (Å²) in [7, 11) is -4.11. The zero-order chi connectivity index (χ0) is 31.6. The average Bonchev–Trinajstić information content (AvgIpc) is 3.66. The normalized spacial score (nSPS) is 25.6. The van der Waals surface area contributed by atoms with E-state index in [0.29, 0.717) is 13.2 Å². The molecule has 0 spiro atoms. The van der Waals surface area contributed by atoms with Crippen molar-refractivity contribution in [2.75, 3.05) is 26.2 Å². The van der Waals surface area contributed by atoms with Crippen LogP contribution in [0.25, 0.3) is 0 Å². The molecule has 1 unspecified atom stereocenters. The molecule has 1 aromatic carbocycles. The summed E-state index contributed by atoms with van der Waals surface area (Å²) in [6.07, 6.45) is 10.2. The minimum Gasteiger partial charge on any atom is -0.441 e. The number of benzene rings is 1. The largest absolute Gasteiger partial charge is 0.441 e. The van der Waals surface area contributed by atoms with Gasteiger partial charge < -0.3 is 23.7 Å². The van der Waals surface area contributed by atoms with Crippen LogP contribution in [0.5, 0.6) is 0 Å². The van der Waals surface area contributed by atoms with Crippen LogP contribution in [-0.2, 0) is 33.7 Å². The molecule has 0 bridgehead atoms. The van der Waals surface area contributed by atoms with Crippen molar-refractivity contribution in [3.8, 4) is 0 Å². The van der Waals surface area contributed by atoms with Crippen LogP contribution >= 0.6 is 0 Å². The Morgan fingerprint density at radius 2 is 1.59 bits per heavy atom. The lowest BCUT2D eigenvalue weighted by molar-refractivity contribution is -0.230. The van der Waals surface area contributed by atoms with E-state index in [0.717, 1.165) is 44.3 Å². The highest BCUT2D eigenvalue weighted by Crippen LogP contribution is 2.40. The molecule has 3 aliphatic rings. The van der Waals surface area contributed by atoms with Gasteiger partial charge in [-0.1, -0.05) is 82.4 Å². The van der Waals surface area contributed by atoms with E-state index in [9.17, 15) is 13.2 Å². The number of amides is 1. The molecule has 11 heteroatoms. The van der Waals surface area contributed by atoms with Crippen LogP contribution in [0.2, 0.25) is 0 Å². The number of ether oxygens (including phenoxy) is 5. The summed E-state index contributed by atoms with van der Waals surface area (Å²) in [6, 6.07) is 6.28. The topological polar surface area (TPSA) is 113 Å². The molecule has 0 saturated carbocycles. The number of nitrogens with zero attached hydrogens (tertiary/aromatic N) is 1. The average molecular weight is 639 g/mol. The van der Waals surface area contributed by atoms with Crippen molar-refractivity contribution < 1.29 is 36.9 Å². The maximum absolute atomic E-state index is 13.1. The Labute approximate surface area is 264 Å². The van der Waals surface area contributed by atoms with Crippen LogP contribution in [0.3, 0.4) is 0 Å². The second kappa shape index (κ2) is 16.7. The van der Waals surface area contributed by atoms with E-state index in [1.165, 1.54) is 63.5 Å². The number of carbonyl (C=O) groups excluding carboxylic acids is 1. The molecule has 1 N–H and O–H groups in total. The predicted octanol–water partition coefficient (Wildman–Crippen LogP) is 6.06. The van der Waals surface area contributed by atoms with Crippen molar-refractivity contribution in [2.45, 2.75) is 146 Å².